The van der Waals surface area contributed by atoms with Gasteiger partial charge >= 0.3 is 0 Å². The first kappa shape index (κ1) is 9.47. The number of fused-ring (bicyclic) bond motifs is 7. The van der Waals surface area contributed by atoms with E-state index in [0.29, 0.717) is 0 Å². The van der Waals surface area contributed by atoms with E-state index < -0.39 is 0 Å². The summed E-state index contributed by atoms with van der Waals surface area (Å²) in [4.78, 5) is 0. The predicted molar refractivity (Wildman–Crippen MR) is 85.9 cm³/mol. The van der Waals surface area contributed by atoms with Crippen molar-refractivity contribution < 1.29 is 0 Å². The van der Waals surface area contributed by atoms with Crippen molar-refractivity contribution in [2.24, 2.45) is 0 Å². The van der Waals surface area contributed by atoms with Crippen molar-refractivity contribution in [2.75, 3.05) is 0 Å². The molecule has 0 spiro atoms. The summed E-state index contributed by atoms with van der Waals surface area (Å²) in [6, 6.07) is 4.50. The molecule has 0 aliphatic rings. The molecule has 0 saturated carbocycles. The largest absolute Gasteiger partial charge is 0.141 e. The monoisotopic (exact) mass is 308 g/mol. The van der Waals surface area contributed by atoms with Crippen LogP contribution in [-0.4, -0.2) is 0 Å². The zero-order chi connectivity index (χ0) is 11.0. The van der Waals surface area contributed by atoms with Gasteiger partial charge in [-0.3, -0.25) is 0 Å². The second-order valence-electron chi connectivity index (χ2n) is 3.85. The maximum absolute atomic E-state index is 2.25. The maximum Gasteiger partial charge on any atom is 0.0651 e. The molecule has 0 atom stereocenters. The minimum atomic E-state index is 1.45. The van der Waals surface area contributed by atoms with Gasteiger partial charge in [-0.25, -0.2) is 0 Å². The molecular formula is C12H4S5. The zero-order valence-corrected chi connectivity index (χ0v) is 12.4. The van der Waals surface area contributed by atoms with E-state index in [2.05, 4.69) is 22.9 Å². The van der Waals surface area contributed by atoms with Crippen LogP contribution in [0.4, 0.5) is 0 Å². The van der Waals surface area contributed by atoms with Crippen molar-refractivity contribution in [1.82, 2.24) is 0 Å². The Hall–Kier alpha value is -0.460. The van der Waals surface area contributed by atoms with Crippen molar-refractivity contribution in [3.8, 4) is 0 Å². The Bertz CT molecular complexity index is 904. The average molecular weight is 308 g/mol. The van der Waals surface area contributed by atoms with Crippen LogP contribution < -0.4 is 0 Å². The average Bonchev–Trinajstić information content (AvgIpc) is 2.99. The first-order valence-electron chi connectivity index (χ1n) is 5.10. The highest BCUT2D eigenvalue weighted by atomic mass is 32.1. The third kappa shape index (κ3) is 1.07. The van der Waals surface area contributed by atoms with Crippen LogP contribution in [0.1, 0.15) is 0 Å². The lowest BCUT2D eigenvalue weighted by atomic mass is 10.4. The van der Waals surface area contributed by atoms with E-state index in [9.17, 15) is 0 Å². The van der Waals surface area contributed by atoms with Crippen LogP contribution in [0.25, 0.3) is 37.6 Å². The minimum Gasteiger partial charge on any atom is -0.141 e. The van der Waals surface area contributed by atoms with Gasteiger partial charge in [-0.2, -0.15) is 0 Å². The van der Waals surface area contributed by atoms with Gasteiger partial charge in [0.15, 0.2) is 0 Å². The summed E-state index contributed by atoms with van der Waals surface area (Å²) < 4.78 is 11.9. The molecule has 0 aliphatic carbocycles. The van der Waals surface area contributed by atoms with Crippen LogP contribution in [0.2, 0.25) is 0 Å². The SMILES string of the molecule is c1cc2sc3c(sc4c5sccc5sc43)c2s1. The van der Waals surface area contributed by atoms with Crippen molar-refractivity contribution in [1.29, 1.82) is 0 Å². The molecule has 0 bridgehead atoms. The molecule has 82 valence electrons. The molecule has 0 amide bonds. The highest BCUT2D eigenvalue weighted by Crippen LogP contribution is 2.51. The Morgan fingerprint density at radius 3 is 1.53 bits per heavy atom. The van der Waals surface area contributed by atoms with Crippen LogP contribution in [0, 0.1) is 0 Å². The molecule has 5 rings (SSSR count). The number of hydrogen-bond acceptors (Lipinski definition) is 5. The summed E-state index contributed by atoms with van der Waals surface area (Å²) in [6.07, 6.45) is 0. The first-order valence-corrected chi connectivity index (χ1v) is 9.31. The third-order valence-electron chi connectivity index (χ3n) is 2.92. The molecular weight excluding hydrogens is 304 g/mol. The van der Waals surface area contributed by atoms with E-state index in [1.807, 2.05) is 56.7 Å². The Morgan fingerprint density at radius 1 is 0.529 bits per heavy atom. The first-order chi connectivity index (χ1) is 8.42. The van der Waals surface area contributed by atoms with Crippen molar-refractivity contribution in [3.05, 3.63) is 22.9 Å². The quantitative estimate of drug-likeness (QED) is 0.302. The van der Waals surface area contributed by atoms with Crippen LogP contribution in [0.3, 0.4) is 0 Å². The topological polar surface area (TPSA) is 0 Å². The van der Waals surface area contributed by atoms with E-state index in [1.54, 1.807) is 0 Å². The Kier molecular flexibility index (Phi) is 1.73. The molecule has 5 heterocycles. The van der Waals surface area contributed by atoms with Gasteiger partial charge in [0.2, 0.25) is 0 Å². The molecule has 5 heteroatoms. The summed E-state index contributed by atoms with van der Waals surface area (Å²) in [6.45, 7) is 0. The molecule has 0 fully saturated rings. The summed E-state index contributed by atoms with van der Waals surface area (Å²) in [5.41, 5.74) is 0. The Labute approximate surface area is 116 Å². The van der Waals surface area contributed by atoms with Gasteiger partial charge in [0.1, 0.15) is 0 Å². The fourth-order valence-corrected chi connectivity index (χ4v) is 8.93. The molecule has 5 aromatic rings. The minimum absolute atomic E-state index is 1.45. The van der Waals surface area contributed by atoms with Crippen molar-refractivity contribution >= 4 is 94.3 Å². The molecule has 5 aromatic heterocycles. The van der Waals surface area contributed by atoms with Crippen molar-refractivity contribution in [3.63, 3.8) is 0 Å². The lowest BCUT2D eigenvalue weighted by Crippen LogP contribution is -1.42. The number of thiophene rings is 5. The van der Waals surface area contributed by atoms with Gasteiger partial charge in [-0.05, 0) is 22.9 Å². The molecule has 0 saturated heterocycles. The molecule has 0 aromatic carbocycles. The van der Waals surface area contributed by atoms with Crippen LogP contribution in [0.15, 0.2) is 22.9 Å². The smallest absolute Gasteiger partial charge is 0.0651 e. The van der Waals surface area contributed by atoms with Gasteiger partial charge < -0.3 is 0 Å². The molecule has 0 nitrogen and oxygen atoms in total. The Morgan fingerprint density at radius 2 is 1.00 bits per heavy atom. The normalized spacial score (nSPS) is 12.7. The number of rotatable bonds is 0. The van der Waals surface area contributed by atoms with Crippen LogP contribution in [-0.2, 0) is 0 Å². The Balaban J connectivity index is 2.16. The lowest BCUT2D eigenvalue weighted by molar-refractivity contribution is 2.26. The fourth-order valence-electron chi connectivity index (χ4n) is 2.19. The standard InChI is InChI=1S/C12H4S5/c1-3-13-7-5(1)15-11-9(7)17-10-8-6(2-4-14-8)16-12(10)11/h1-4H. The molecule has 0 unspecified atom stereocenters. The number of hydrogen-bond donors (Lipinski definition) is 0. The third-order valence-corrected chi connectivity index (χ3v) is 9.26. The van der Waals surface area contributed by atoms with Gasteiger partial charge in [0.25, 0.3) is 0 Å². The predicted octanol–water partition coefficient (Wildman–Crippen LogP) is 6.61. The van der Waals surface area contributed by atoms with Gasteiger partial charge in [-0.1, -0.05) is 0 Å². The van der Waals surface area contributed by atoms with E-state index >= 15 is 0 Å². The zero-order valence-electron chi connectivity index (χ0n) is 8.35. The van der Waals surface area contributed by atoms with E-state index in [4.69, 9.17) is 0 Å². The fraction of sp³-hybridized carbons (Fsp3) is 0. The molecule has 0 aliphatic heterocycles. The lowest BCUT2D eigenvalue weighted by Gasteiger charge is -1.76. The van der Waals surface area contributed by atoms with Gasteiger partial charge in [0, 0.05) is 9.40 Å². The van der Waals surface area contributed by atoms with E-state index in [1.165, 1.54) is 37.6 Å². The maximum atomic E-state index is 2.25. The molecule has 17 heavy (non-hydrogen) atoms. The summed E-state index contributed by atoms with van der Waals surface area (Å²) in [5.74, 6) is 0. The highest BCUT2D eigenvalue weighted by Gasteiger charge is 2.17. The van der Waals surface area contributed by atoms with E-state index in [0.717, 1.165) is 0 Å². The molecule has 0 radical (unpaired) electrons. The second-order valence-corrected chi connectivity index (χ2v) is 8.81. The van der Waals surface area contributed by atoms with Crippen LogP contribution in [0.5, 0.6) is 0 Å². The second kappa shape index (κ2) is 3.10. The van der Waals surface area contributed by atoms with Gasteiger partial charge in [0.05, 0.1) is 28.2 Å². The summed E-state index contributed by atoms with van der Waals surface area (Å²) in [5, 5.41) is 4.41. The summed E-state index contributed by atoms with van der Waals surface area (Å²) >= 11 is 9.66. The van der Waals surface area contributed by atoms with Crippen LogP contribution >= 0.6 is 56.7 Å². The van der Waals surface area contributed by atoms with E-state index in [-0.39, 0.29) is 0 Å². The summed E-state index contributed by atoms with van der Waals surface area (Å²) in [7, 11) is 0. The highest BCUT2D eigenvalue weighted by molar-refractivity contribution is 7.47. The van der Waals surface area contributed by atoms with Gasteiger partial charge in [-0.15, -0.1) is 56.7 Å². The van der Waals surface area contributed by atoms with Crippen molar-refractivity contribution in [2.45, 2.75) is 0 Å². The molecule has 0 N–H and O–H groups in total.